The normalized spacial score (nSPS) is 10.6. The molecule has 0 spiro atoms. The zero-order chi connectivity index (χ0) is 9.42. The van der Waals surface area contributed by atoms with E-state index >= 15 is 0 Å². The van der Waals surface area contributed by atoms with Gasteiger partial charge in [0.1, 0.15) is 5.52 Å². The molecule has 0 bridgehead atoms. The van der Waals surface area contributed by atoms with E-state index in [4.69, 9.17) is 5.73 Å². The van der Waals surface area contributed by atoms with Crippen molar-refractivity contribution in [3.8, 4) is 0 Å². The Hall–Kier alpha value is -1.85. The molecule has 2 aromatic rings. The molecule has 0 atom stereocenters. The number of anilines is 2. The summed E-state index contributed by atoms with van der Waals surface area (Å²) in [5, 5.41) is 2.85. The van der Waals surface area contributed by atoms with E-state index in [0.29, 0.717) is 17.5 Å². The minimum absolute atomic E-state index is 0.362. The predicted octanol–water partition coefficient (Wildman–Crippen LogP) is 0.285. The first-order chi connectivity index (χ1) is 6.20. The fourth-order valence-electron chi connectivity index (χ4n) is 1.17. The SMILES string of the molecule is CNc1nc(C)c2[nH]c(N)nc2n1. The van der Waals surface area contributed by atoms with Crippen LogP contribution in [0.3, 0.4) is 0 Å². The molecule has 13 heavy (non-hydrogen) atoms. The minimum atomic E-state index is 0.362. The molecule has 6 heteroatoms. The standard InChI is InChI=1S/C7H10N6/c1-3-4-5(12-6(8)11-4)13-7(9-2)10-3/h1-2H3,(H4,8,9,10,11,12,13). The number of nitrogens with two attached hydrogens (primary N) is 1. The van der Waals surface area contributed by atoms with Gasteiger partial charge in [0.15, 0.2) is 11.6 Å². The first-order valence-corrected chi connectivity index (χ1v) is 3.88. The molecule has 0 aliphatic heterocycles. The highest BCUT2D eigenvalue weighted by molar-refractivity contribution is 5.76. The molecule has 6 nitrogen and oxygen atoms in total. The third-order valence-corrected chi connectivity index (χ3v) is 1.77. The van der Waals surface area contributed by atoms with E-state index in [1.165, 1.54) is 0 Å². The Morgan fingerprint density at radius 2 is 2.08 bits per heavy atom. The van der Waals surface area contributed by atoms with E-state index in [9.17, 15) is 0 Å². The van der Waals surface area contributed by atoms with Crippen molar-refractivity contribution < 1.29 is 0 Å². The van der Waals surface area contributed by atoms with Gasteiger partial charge in [-0.1, -0.05) is 0 Å². The van der Waals surface area contributed by atoms with Crippen molar-refractivity contribution in [2.45, 2.75) is 6.92 Å². The second kappa shape index (κ2) is 2.58. The van der Waals surface area contributed by atoms with Crippen LogP contribution in [0.25, 0.3) is 11.2 Å². The molecule has 0 unspecified atom stereocenters. The van der Waals surface area contributed by atoms with Crippen LogP contribution in [0.2, 0.25) is 0 Å². The molecule has 0 radical (unpaired) electrons. The summed E-state index contributed by atoms with van der Waals surface area (Å²) < 4.78 is 0. The lowest BCUT2D eigenvalue weighted by Crippen LogP contribution is -1.98. The number of nitrogen functional groups attached to an aromatic ring is 1. The first kappa shape index (κ1) is 7.78. The fraction of sp³-hybridized carbons (Fsp3) is 0.286. The van der Waals surface area contributed by atoms with Crippen LogP contribution in [0.5, 0.6) is 0 Å². The van der Waals surface area contributed by atoms with Crippen LogP contribution in [0, 0.1) is 6.92 Å². The van der Waals surface area contributed by atoms with Crippen molar-refractivity contribution in [2.24, 2.45) is 0 Å². The Labute approximate surface area is 74.6 Å². The van der Waals surface area contributed by atoms with Crippen molar-refractivity contribution in [3.63, 3.8) is 0 Å². The lowest BCUT2D eigenvalue weighted by molar-refractivity contribution is 1.13. The Balaban J connectivity index is 2.75. The zero-order valence-corrected chi connectivity index (χ0v) is 7.42. The third kappa shape index (κ3) is 1.16. The molecule has 0 amide bonds. The van der Waals surface area contributed by atoms with Crippen molar-refractivity contribution in [1.82, 2.24) is 19.9 Å². The molecule has 2 heterocycles. The summed E-state index contributed by atoms with van der Waals surface area (Å²) in [6.45, 7) is 1.88. The summed E-state index contributed by atoms with van der Waals surface area (Å²) in [6.07, 6.45) is 0. The molecule has 2 aromatic heterocycles. The molecule has 4 N–H and O–H groups in total. The van der Waals surface area contributed by atoms with Crippen LogP contribution >= 0.6 is 0 Å². The molecular weight excluding hydrogens is 168 g/mol. The van der Waals surface area contributed by atoms with Gasteiger partial charge in [0.25, 0.3) is 0 Å². The molecule has 0 aromatic carbocycles. The van der Waals surface area contributed by atoms with E-state index in [0.717, 1.165) is 11.2 Å². The molecule has 0 aliphatic rings. The topological polar surface area (TPSA) is 92.5 Å². The van der Waals surface area contributed by atoms with Gasteiger partial charge in [0.05, 0.1) is 5.69 Å². The summed E-state index contributed by atoms with van der Waals surface area (Å²) in [7, 11) is 1.76. The number of hydrogen-bond donors (Lipinski definition) is 3. The van der Waals surface area contributed by atoms with Crippen LogP contribution in [0.15, 0.2) is 0 Å². The summed E-state index contributed by atoms with van der Waals surface area (Å²) in [5.74, 6) is 0.914. The number of aryl methyl sites for hydroxylation is 1. The zero-order valence-electron chi connectivity index (χ0n) is 7.42. The maximum atomic E-state index is 5.50. The van der Waals surface area contributed by atoms with Gasteiger partial charge in [-0.15, -0.1) is 0 Å². The van der Waals surface area contributed by atoms with Gasteiger partial charge in [-0.25, -0.2) is 4.98 Å². The number of fused-ring (bicyclic) bond motifs is 1. The molecule has 0 fully saturated rings. The van der Waals surface area contributed by atoms with E-state index in [-0.39, 0.29) is 0 Å². The van der Waals surface area contributed by atoms with Crippen molar-refractivity contribution >= 4 is 23.1 Å². The average molecular weight is 178 g/mol. The molecule has 0 saturated heterocycles. The maximum absolute atomic E-state index is 5.50. The van der Waals surface area contributed by atoms with Gasteiger partial charge in [0.2, 0.25) is 5.95 Å². The molecular formula is C7H10N6. The lowest BCUT2D eigenvalue weighted by Gasteiger charge is -1.98. The van der Waals surface area contributed by atoms with E-state index in [1.54, 1.807) is 7.05 Å². The highest BCUT2D eigenvalue weighted by atomic mass is 15.1. The van der Waals surface area contributed by atoms with Crippen LogP contribution in [-0.2, 0) is 0 Å². The van der Waals surface area contributed by atoms with Crippen LogP contribution in [0.4, 0.5) is 11.9 Å². The largest absolute Gasteiger partial charge is 0.369 e. The number of rotatable bonds is 1. The predicted molar refractivity (Wildman–Crippen MR) is 50.4 cm³/mol. The average Bonchev–Trinajstić information content (AvgIpc) is 2.46. The Kier molecular flexibility index (Phi) is 1.54. The number of hydrogen-bond acceptors (Lipinski definition) is 5. The highest BCUT2D eigenvalue weighted by Crippen LogP contribution is 2.14. The molecule has 2 rings (SSSR count). The third-order valence-electron chi connectivity index (χ3n) is 1.77. The number of aromatic amines is 1. The number of imidazole rings is 1. The van der Waals surface area contributed by atoms with Crippen molar-refractivity contribution in [3.05, 3.63) is 5.69 Å². The Morgan fingerprint density at radius 1 is 1.31 bits per heavy atom. The van der Waals surface area contributed by atoms with Crippen LogP contribution in [-0.4, -0.2) is 27.0 Å². The van der Waals surface area contributed by atoms with E-state index < -0.39 is 0 Å². The quantitative estimate of drug-likeness (QED) is 0.583. The highest BCUT2D eigenvalue weighted by Gasteiger charge is 2.06. The number of H-pyrrole nitrogens is 1. The number of nitrogens with zero attached hydrogens (tertiary/aromatic N) is 3. The Bertz CT molecular complexity index is 445. The second-order valence-corrected chi connectivity index (χ2v) is 2.70. The van der Waals surface area contributed by atoms with Gasteiger partial charge in [0, 0.05) is 7.05 Å². The number of aromatic nitrogens is 4. The maximum Gasteiger partial charge on any atom is 0.224 e. The first-order valence-electron chi connectivity index (χ1n) is 3.88. The van der Waals surface area contributed by atoms with Gasteiger partial charge < -0.3 is 16.0 Å². The summed E-state index contributed by atoms with van der Waals surface area (Å²) in [6, 6.07) is 0. The van der Waals surface area contributed by atoms with Crippen LogP contribution < -0.4 is 11.1 Å². The molecule has 0 aliphatic carbocycles. The van der Waals surface area contributed by atoms with E-state index in [1.807, 2.05) is 6.92 Å². The second-order valence-electron chi connectivity index (χ2n) is 2.70. The number of nitrogens with one attached hydrogen (secondary N) is 2. The fourth-order valence-corrected chi connectivity index (χ4v) is 1.17. The van der Waals surface area contributed by atoms with Gasteiger partial charge in [-0.3, -0.25) is 0 Å². The molecule has 68 valence electrons. The van der Waals surface area contributed by atoms with Gasteiger partial charge in [-0.2, -0.15) is 9.97 Å². The monoisotopic (exact) mass is 178 g/mol. The smallest absolute Gasteiger partial charge is 0.224 e. The van der Waals surface area contributed by atoms with Crippen LogP contribution in [0.1, 0.15) is 5.69 Å². The van der Waals surface area contributed by atoms with Gasteiger partial charge in [-0.05, 0) is 6.92 Å². The summed E-state index contributed by atoms with van der Waals surface area (Å²) in [4.78, 5) is 15.2. The van der Waals surface area contributed by atoms with E-state index in [2.05, 4.69) is 25.3 Å². The van der Waals surface area contributed by atoms with Gasteiger partial charge >= 0.3 is 0 Å². The lowest BCUT2D eigenvalue weighted by atomic mass is 10.4. The van der Waals surface area contributed by atoms with Crippen molar-refractivity contribution in [1.29, 1.82) is 0 Å². The minimum Gasteiger partial charge on any atom is -0.369 e. The Morgan fingerprint density at radius 3 is 2.77 bits per heavy atom. The summed E-state index contributed by atoms with van der Waals surface area (Å²) >= 11 is 0. The van der Waals surface area contributed by atoms with Crippen molar-refractivity contribution in [2.75, 3.05) is 18.1 Å². The summed E-state index contributed by atoms with van der Waals surface area (Å²) in [5.41, 5.74) is 7.71. The molecule has 0 saturated carbocycles.